The number of ether oxygens (including phenoxy) is 1. The first kappa shape index (κ1) is 11.9. The summed E-state index contributed by atoms with van der Waals surface area (Å²) in [6, 6.07) is 9.59. The van der Waals surface area contributed by atoms with Crippen molar-refractivity contribution in [2.24, 2.45) is 5.92 Å². The number of aliphatic hydroxyl groups excluding tert-OH is 1. The number of nitrogens with zero attached hydrogens (tertiary/aromatic N) is 1. The molecule has 2 rings (SSSR count). The molecule has 1 aromatic rings. The van der Waals surface area contributed by atoms with Gasteiger partial charge in [0.25, 0.3) is 0 Å². The number of likely N-dealkylation sites (tertiary alicyclic amines) is 1. The summed E-state index contributed by atoms with van der Waals surface area (Å²) in [7, 11) is 0. The number of amides is 1. The molecule has 92 valence electrons. The minimum atomic E-state index is -0.354. The first-order valence-electron chi connectivity index (χ1n) is 5.80. The van der Waals surface area contributed by atoms with Crippen molar-refractivity contribution in [2.45, 2.75) is 19.6 Å². The molecule has 4 nitrogen and oxygen atoms in total. The molecule has 0 aromatic heterocycles. The van der Waals surface area contributed by atoms with Crippen LogP contribution < -0.4 is 0 Å². The smallest absolute Gasteiger partial charge is 0.410 e. The van der Waals surface area contributed by atoms with Crippen LogP contribution in [0.3, 0.4) is 0 Å². The quantitative estimate of drug-likeness (QED) is 0.866. The summed E-state index contributed by atoms with van der Waals surface area (Å²) in [5.41, 5.74) is 0.980. The Kier molecular flexibility index (Phi) is 3.64. The van der Waals surface area contributed by atoms with Gasteiger partial charge in [0, 0.05) is 19.0 Å². The largest absolute Gasteiger partial charge is 0.445 e. The molecule has 1 saturated heterocycles. The molecular weight excluding hydrogens is 218 g/mol. The second-order valence-electron chi connectivity index (χ2n) is 4.45. The fourth-order valence-corrected chi connectivity index (χ4v) is 1.78. The van der Waals surface area contributed by atoms with Crippen LogP contribution in [0.15, 0.2) is 30.3 Å². The normalized spacial score (nSPS) is 17.4. The van der Waals surface area contributed by atoms with Crippen LogP contribution in [-0.4, -0.2) is 35.3 Å². The maximum absolute atomic E-state index is 11.6. The van der Waals surface area contributed by atoms with Gasteiger partial charge in [0.15, 0.2) is 0 Å². The first-order valence-corrected chi connectivity index (χ1v) is 5.80. The highest BCUT2D eigenvalue weighted by Gasteiger charge is 2.34. The lowest BCUT2D eigenvalue weighted by Gasteiger charge is -2.39. The van der Waals surface area contributed by atoms with Crippen LogP contribution in [0, 0.1) is 5.92 Å². The van der Waals surface area contributed by atoms with Gasteiger partial charge in [0.1, 0.15) is 6.61 Å². The lowest BCUT2D eigenvalue weighted by Crippen LogP contribution is -2.53. The molecule has 1 aliphatic rings. The second-order valence-corrected chi connectivity index (χ2v) is 4.45. The van der Waals surface area contributed by atoms with E-state index in [1.54, 1.807) is 11.8 Å². The predicted molar refractivity (Wildman–Crippen MR) is 63.4 cm³/mol. The van der Waals surface area contributed by atoms with Gasteiger partial charge in [-0.2, -0.15) is 0 Å². The standard InChI is InChI=1S/C13H17NO3/c1-10(15)12-7-14(8-12)13(16)17-9-11-5-3-2-4-6-11/h2-6,10,12,15H,7-9H2,1H3/t10-/m1/s1. The van der Waals surface area contributed by atoms with Gasteiger partial charge in [-0.05, 0) is 12.5 Å². The zero-order valence-corrected chi connectivity index (χ0v) is 9.87. The van der Waals surface area contributed by atoms with Crippen LogP contribution in [0.25, 0.3) is 0 Å². The molecule has 0 saturated carbocycles. The molecule has 17 heavy (non-hydrogen) atoms. The van der Waals surface area contributed by atoms with Crippen LogP contribution in [0.2, 0.25) is 0 Å². The van der Waals surface area contributed by atoms with Crippen LogP contribution >= 0.6 is 0 Å². The van der Waals surface area contributed by atoms with E-state index in [4.69, 9.17) is 4.74 Å². The highest BCUT2D eigenvalue weighted by Crippen LogP contribution is 2.20. The summed E-state index contributed by atoms with van der Waals surface area (Å²) in [5, 5.41) is 9.30. The lowest BCUT2D eigenvalue weighted by molar-refractivity contribution is -0.000184. The van der Waals surface area contributed by atoms with E-state index >= 15 is 0 Å². The molecule has 0 radical (unpaired) electrons. The van der Waals surface area contributed by atoms with Gasteiger partial charge in [-0.25, -0.2) is 4.79 Å². The highest BCUT2D eigenvalue weighted by atomic mass is 16.6. The van der Waals surface area contributed by atoms with Crippen LogP contribution in [0.4, 0.5) is 4.79 Å². The molecule has 1 heterocycles. The van der Waals surface area contributed by atoms with E-state index in [-0.39, 0.29) is 18.1 Å². The molecule has 4 heteroatoms. The number of rotatable bonds is 3. The Labute approximate surface area is 101 Å². The van der Waals surface area contributed by atoms with Crippen molar-refractivity contribution in [3.63, 3.8) is 0 Å². The van der Waals surface area contributed by atoms with Crippen molar-refractivity contribution >= 4 is 6.09 Å². The average molecular weight is 235 g/mol. The number of hydrogen-bond acceptors (Lipinski definition) is 3. The SMILES string of the molecule is C[C@@H](O)C1CN(C(=O)OCc2ccccc2)C1. The van der Waals surface area contributed by atoms with Gasteiger partial charge < -0.3 is 14.7 Å². The molecule has 1 atom stereocenters. The summed E-state index contributed by atoms with van der Waals surface area (Å²) in [5.74, 6) is 0.194. The van der Waals surface area contributed by atoms with Crippen molar-refractivity contribution in [3.8, 4) is 0 Å². The highest BCUT2D eigenvalue weighted by molar-refractivity contribution is 5.68. The Bertz CT molecular complexity index is 372. The Hall–Kier alpha value is -1.55. The number of carbonyl (C=O) groups is 1. The maximum Gasteiger partial charge on any atom is 0.410 e. The minimum absolute atomic E-state index is 0.194. The van der Waals surface area contributed by atoms with Crippen LogP contribution in [0.5, 0.6) is 0 Å². The van der Waals surface area contributed by atoms with Gasteiger partial charge >= 0.3 is 6.09 Å². The van der Waals surface area contributed by atoms with Crippen molar-refractivity contribution < 1.29 is 14.6 Å². The zero-order chi connectivity index (χ0) is 12.3. The van der Waals surface area contributed by atoms with Gasteiger partial charge in [-0.3, -0.25) is 0 Å². The monoisotopic (exact) mass is 235 g/mol. The third kappa shape index (κ3) is 2.97. The third-order valence-electron chi connectivity index (χ3n) is 3.06. The van der Waals surface area contributed by atoms with Crippen LogP contribution in [-0.2, 0) is 11.3 Å². The number of benzene rings is 1. The topological polar surface area (TPSA) is 49.8 Å². The lowest BCUT2D eigenvalue weighted by atomic mass is 9.95. The van der Waals surface area contributed by atoms with E-state index in [0.717, 1.165) is 5.56 Å². The molecule has 0 bridgehead atoms. The minimum Gasteiger partial charge on any atom is -0.445 e. The van der Waals surface area contributed by atoms with E-state index in [2.05, 4.69) is 0 Å². The fraction of sp³-hybridized carbons (Fsp3) is 0.462. The van der Waals surface area contributed by atoms with Crippen LogP contribution in [0.1, 0.15) is 12.5 Å². The zero-order valence-electron chi connectivity index (χ0n) is 9.87. The predicted octanol–water partition coefficient (Wildman–Crippen LogP) is 1.64. The Morgan fingerprint density at radius 2 is 2.12 bits per heavy atom. The van der Waals surface area contributed by atoms with Crippen molar-refractivity contribution in [1.29, 1.82) is 0 Å². The van der Waals surface area contributed by atoms with Gasteiger partial charge in [-0.1, -0.05) is 30.3 Å². The average Bonchev–Trinajstić information content (AvgIpc) is 2.25. The fourth-order valence-electron chi connectivity index (χ4n) is 1.78. The maximum atomic E-state index is 11.6. The summed E-state index contributed by atoms with van der Waals surface area (Å²) in [6.45, 7) is 3.23. The number of aliphatic hydroxyl groups is 1. The first-order chi connectivity index (χ1) is 8.16. The Morgan fingerprint density at radius 3 is 2.71 bits per heavy atom. The third-order valence-corrected chi connectivity index (χ3v) is 3.06. The molecular formula is C13H17NO3. The van der Waals surface area contributed by atoms with E-state index in [9.17, 15) is 9.90 Å². The van der Waals surface area contributed by atoms with E-state index in [1.165, 1.54) is 0 Å². The molecule has 1 fully saturated rings. The second kappa shape index (κ2) is 5.19. The number of hydrogen-bond donors (Lipinski definition) is 1. The summed E-state index contributed by atoms with van der Waals surface area (Å²) in [6.07, 6.45) is -0.654. The van der Waals surface area contributed by atoms with E-state index in [1.807, 2.05) is 30.3 Å². The summed E-state index contributed by atoms with van der Waals surface area (Å²) >= 11 is 0. The van der Waals surface area contributed by atoms with Gasteiger partial charge in [-0.15, -0.1) is 0 Å². The Balaban J connectivity index is 1.73. The Morgan fingerprint density at radius 1 is 1.47 bits per heavy atom. The molecule has 0 spiro atoms. The van der Waals surface area contributed by atoms with E-state index < -0.39 is 0 Å². The molecule has 1 aliphatic heterocycles. The van der Waals surface area contributed by atoms with Crippen molar-refractivity contribution in [1.82, 2.24) is 4.90 Å². The molecule has 1 aromatic carbocycles. The summed E-state index contributed by atoms with van der Waals surface area (Å²) < 4.78 is 5.17. The van der Waals surface area contributed by atoms with Crippen molar-refractivity contribution in [2.75, 3.05) is 13.1 Å². The van der Waals surface area contributed by atoms with Crippen molar-refractivity contribution in [3.05, 3.63) is 35.9 Å². The molecule has 0 unspecified atom stereocenters. The summed E-state index contributed by atoms with van der Waals surface area (Å²) in [4.78, 5) is 13.2. The molecule has 1 amide bonds. The van der Waals surface area contributed by atoms with E-state index in [0.29, 0.717) is 19.7 Å². The molecule has 0 aliphatic carbocycles. The van der Waals surface area contributed by atoms with Gasteiger partial charge in [0.05, 0.1) is 6.10 Å². The number of carbonyl (C=O) groups excluding carboxylic acids is 1. The van der Waals surface area contributed by atoms with Gasteiger partial charge in [0.2, 0.25) is 0 Å². The molecule has 1 N–H and O–H groups in total.